The van der Waals surface area contributed by atoms with E-state index in [1.54, 1.807) is 0 Å². The van der Waals surface area contributed by atoms with Crippen molar-refractivity contribution in [1.29, 1.82) is 0 Å². The molecule has 7 N–H and O–H groups in total. The number of nitrogens with two attached hydrogens (primary N) is 1. The number of hydrogen-bond donors (Lipinski definition) is 6. The molecule has 0 spiro atoms. The van der Waals surface area contributed by atoms with Gasteiger partial charge in [0.05, 0.1) is 11.6 Å². The van der Waals surface area contributed by atoms with Crippen LogP contribution in [0.2, 0.25) is 5.02 Å². The number of amides is 1. The summed E-state index contributed by atoms with van der Waals surface area (Å²) in [5.41, 5.74) is 2.02. The van der Waals surface area contributed by atoms with E-state index in [9.17, 15) is 34.8 Å². The first-order valence-electron chi connectivity index (χ1n) is 10.3. The molecule has 1 fully saturated rings. The summed E-state index contributed by atoms with van der Waals surface area (Å²) >= 11 is 6.26. The van der Waals surface area contributed by atoms with Crippen LogP contribution in [-0.4, -0.2) is 56.1 Å². The number of phenolic OH excluding ortho intramolecular Hbond substituents is 1. The van der Waals surface area contributed by atoms with E-state index in [1.165, 1.54) is 12.1 Å². The Hall–Kier alpha value is -2.88. The molecule has 32 heavy (non-hydrogen) atoms. The van der Waals surface area contributed by atoms with Crippen LogP contribution in [0.4, 0.5) is 0 Å². The molecule has 0 bridgehead atoms. The summed E-state index contributed by atoms with van der Waals surface area (Å²) in [6, 6.07) is 1.60. The molecule has 9 nitrogen and oxygen atoms in total. The number of Topliss-reactive ketones (excluding diaryl/α,β-unsaturated/α-hetero) is 2. The highest BCUT2D eigenvalue weighted by atomic mass is 35.5. The number of primary amides is 1. The van der Waals surface area contributed by atoms with Crippen LogP contribution in [0.5, 0.6) is 5.75 Å². The van der Waals surface area contributed by atoms with E-state index in [1.807, 2.05) is 6.92 Å². The largest absolute Gasteiger partial charge is 0.508 e. The highest BCUT2D eigenvalue weighted by molar-refractivity contribution is 6.32. The predicted octanol–water partition coefficient (Wildman–Crippen LogP) is 1.06. The van der Waals surface area contributed by atoms with Crippen molar-refractivity contribution >= 4 is 34.8 Å². The van der Waals surface area contributed by atoms with Crippen LogP contribution in [0.25, 0.3) is 5.76 Å². The molecule has 0 saturated heterocycles. The topological polar surface area (TPSA) is 170 Å². The number of hydrogen-bond acceptors (Lipinski definition) is 8. The number of rotatable bonds is 4. The van der Waals surface area contributed by atoms with Gasteiger partial charge in [-0.2, -0.15) is 0 Å². The quantitative estimate of drug-likeness (QED) is 0.360. The summed E-state index contributed by atoms with van der Waals surface area (Å²) in [6.45, 7) is 2.21. The van der Waals surface area contributed by atoms with E-state index in [-0.39, 0.29) is 34.8 Å². The molecule has 1 amide bonds. The number of carbonyl (C=O) groups excluding carboxylic acids is 3. The number of ketones is 2. The first kappa shape index (κ1) is 22.3. The monoisotopic (exact) mass is 462 g/mol. The number of carbonyl (C=O) groups is 3. The Bertz CT molecular complexity index is 1130. The molecule has 4 atom stereocenters. The summed E-state index contributed by atoms with van der Waals surface area (Å²) in [7, 11) is 0. The molecule has 170 valence electrons. The molecular weight excluding hydrogens is 440 g/mol. The van der Waals surface area contributed by atoms with Crippen molar-refractivity contribution in [2.75, 3.05) is 6.54 Å². The second-order valence-corrected chi connectivity index (χ2v) is 8.81. The Morgan fingerprint density at radius 3 is 2.59 bits per heavy atom. The van der Waals surface area contributed by atoms with Gasteiger partial charge in [-0.15, -0.1) is 0 Å². The Morgan fingerprint density at radius 2 is 1.97 bits per heavy atom. The number of aromatic hydroxyl groups is 1. The van der Waals surface area contributed by atoms with Crippen LogP contribution in [-0.2, 0) is 20.8 Å². The lowest BCUT2D eigenvalue weighted by Gasteiger charge is -2.49. The zero-order chi connectivity index (χ0) is 23.5. The molecule has 3 aliphatic rings. The van der Waals surface area contributed by atoms with Gasteiger partial charge in [-0.25, -0.2) is 0 Å². The lowest BCUT2D eigenvalue weighted by molar-refractivity contribution is -0.150. The smallest absolute Gasteiger partial charge is 0.255 e. The predicted molar refractivity (Wildman–Crippen MR) is 114 cm³/mol. The van der Waals surface area contributed by atoms with Gasteiger partial charge >= 0.3 is 0 Å². The minimum atomic E-state index is -2.64. The first-order chi connectivity index (χ1) is 15.0. The van der Waals surface area contributed by atoms with Crippen molar-refractivity contribution in [2.24, 2.45) is 17.6 Å². The highest BCUT2D eigenvalue weighted by Gasteiger charge is 2.63. The average Bonchev–Trinajstić information content (AvgIpc) is 2.73. The lowest BCUT2D eigenvalue weighted by Crippen LogP contribution is -2.66. The van der Waals surface area contributed by atoms with Gasteiger partial charge in [0.15, 0.2) is 11.4 Å². The van der Waals surface area contributed by atoms with E-state index in [0.717, 1.165) is 0 Å². The number of benzene rings is 1. The Kier molecular flexibility index (Phi) is 5.31. The molecule has 3 aliphatic carbocycles. The van der Waals surface area contributed by atoms with E-state index in [2.05, 4.69) is 5.32 Å². The molecular formula is C22H23ClN2O7. The maximum atomic E-state index is 13.6. The number of fused-ring (bicyclic) bond motifs is 3. The van der Waals surface area contributed by atoms with E-state index in [0.29, 0.717) is 18.5 Å². The average molecular weight is 463 g/mol. The summed E-state index contributed by atoms with van der Waals surface area (Å²) in [5.74, 6) is -6.83. The van der Waals surface area contributed by atoms with Gasteiger partial charge in [-0.05, 0) is 49.4 Å². The number of aliphatic hydroxyl groups excluding tert-OH is 2. The maximum absolute atomic E-state index is 13.6. The molecule has 10 heteroatoms. The zero-order valence-electron chi connectivity index (χ0n) is 17.2. The lowest BCUT2D eigenvalue weighted by atomic mass is 9.57. The third-order valence-electron chi connectivity index (χ3n) is 6.64. The number of halogens is 1. The summed E-state index contributed by atoms with van der Waals surface area (Å²) in [6.07, 6.45) is 0.820. The molecule has 1 aromatic rings. The van der Waals surface area contributed by atoms with Crippen molar-refractivity contribution in [1.82, 2.24) is 5.32 Å². The van der Waals surface area contributed by atoms with Crippen LogP contribution >= 0.6 is 11.6 Å². The molecule has 1 saturated carbocycles. The summed E-state index contributed by atoms with van der Waals surface area (Å²) in [4.78, 5) is 38.5. The minimum absolute atomic E-state index is 0.0229. The van der Waals surface area contributed by atoms with Gasteiger partial charge in [0, 0.05) is 16.5 Å². The van der Waals surface area contributed by atoms with Crippen LogP contribution in [0, 0.1) is 11.8 Å². The molecule has 0 aliphatic heterocycles. The highest BCUT2D eigenvalue weighted by Crippen LogP contribution is 2.52. The Balaban J connectivity index is 1.94. The van der Waals surface area contributed by atoms with Crippen molar-refractivity contribution < 1.29 is 34.8 Å². The molecule has 0 heterocycles. The van der Waals surface area contributed by atoms with E-state index >= 15 is 0 Å². The van der Waals surface area contributed by atoms with Crippen molar-refractivity contribution in [3.63, 3.8) is 0 Å². The zero-order valence-corrected chi connectivity index (χ0v) is 17.9. The number of phenols is 1. The van der Waals surface area contributed by atoms with Gasteiger partial charge in [0.2, 0.25) is 5.78 Å². The number of nitrogens with one attached hydrogen (secondary N) is 1. The fourth-order valence-corrected chi connectivity index (χ4v) is 5.41. The first-order valence-corrected chi connectivity index (χ1v) is 10.7. The van der Waals surface area contributed by atoms with E-state index in [4.69, 9.17) is 17.3 Å². The van der Waals surface area contributed by atoms with Crippen LogP contribution in [0.3, 0.4) is 0 Å². The third-order valence-corrected chi connectivity index (χ3v) is 6.99. The number of aliphatic hydroxyl groups is 3. The van der Waals surface area contributed by atoms with Gasteiger partial charge in [0.25, 0.3) is 5.91 Å². The molecule has 0 unspecified atom stereocenters. The van der Waals surface area contributed by atoms with Crippen molar-refractivity contribution in [3.05, 3.63) is 45.2 Å². The summed E-state index contributed by atoms with van der Waals surface area (Å²) in [5, 5.41) is 46.6. The fourth-order valence-electron chi connectivity index (χ4n) is 5.17. The maximum Gasteiger partial charge on any atom is 0.255 e. The molecule has 0 aromatic heterocycles. The third kappa shape index (κ3) is 2.88. The van der Waals surface area contributed by atoms with Gasteiger partial charge < -0.3 is 31.5 Å². The van der Waals surface area contributed by atoms with Gasteiger partial charge in [-0.3, -0.25) is 14.4 Å². The van der Waals surface area contributed by atoms with Crippen LogP contribution < -0.4 is 11.1 Å². The van der Waals surface area contributed by atoms with E-state index < -0.39 is 58.0 Å². The van der Waals surface area contributed by atoms with Crippen molar-refractivity contribution in [3.8, 4) is 5.75 Å². The Morgan fingerprint density at radius 1 is 1.28 bits per heavy atom. The van der Waals surface area contributed by atoms with Crippen LogP contribution in [0.1, 0.15) is 30.9 Å². The fraction of sp³-hybridized carbons (Fsp3) is 0.409. The van der Waals surface area contributed by atoms with Crippen LogP contribution in [0.15, 0.2) is 29.0 Å². The van der Waals surface area contributed by atoms with Crippen molar-refractivity contribution in [2.45, 2.75) is 37.8 Å². The summed E-state index contributed by atoms with van der Waals surface area (Å²) < 4.78 is 0. The van der Waals surface area contributed by atoms with Gasteiger partial charge in [0.1, 0.15) is 22.8 Å². The molecule has 1 aromatic carbocycles. The normalized spacial score (nSPS) is 29.5. The molecule has 0 radical (unpaired) electrons. The second kappa shape index (κ2) is 7.61. The second-order valence-electron chi connectivity index (χ2n) is 8.40. The standard InChI is InChI=1S/C22H23ClN2O7/c1-2-5-25-16-10-7-8-6-9-11(23)3-4-12(26)14(9)17(27)13(8)19(29)22(10,32)20(30)15(18(16)28)21(24)31/h3-4,8,10,16,25-27,30,32H,2,5-7H2,1H3,(H2,24,31)/t8-,10-,16-,22-/m0/s1. The molecule has 4 rings (SSSR count). The Labute approximate surface area is 188 Å². The van der Waals surface area contributed by atoms with Gasteiger partial charge in [-0.1, -0.05) is 18.5 Å². The SMILES string of the molecule is CCCN[C@@H]1C(=O)C(C(N)=O)=C(O)[C@@]2(O)C(=O)C3=C(O)c4c(O)ccc(Cl)c4C[C@H]3C[C@@H]12. The minimum Gasteiger partial charge on any atom is -0.508 e.